The Labute approximate surface area is 178 Å². The van der Waals surface area contributed by atoms with E-state index < -0.39 is 47.9 Å². The van der Waals surface area contributed by atoms with Crippen LogP contribution in [-0.2, 0) is 17.5 Å². The molecule has 0 unspecified atom stereocenters. The van der Waals surface area contributed by atoms with Gasteiger partial charge in [0.15, 0.2) is 23.2 Å². The fraction of sp³-hybridized carbons (Fsp3) is 0.389. The maximum absolute atomic E-state index is 13.1. The molecule has 0 radical (unpaired) electrons. The normalized spacial score (nSPS) is 24.1. The van der Waals surface area contributed by atoms with E-state index in [2.05, 4.69) is 20.3 Å². The highest BCUT2D eigenvalue weighted by Crippen LogP contribution is 2.35. The standard InChI is InChI=1S/C18H17ClF3N5O4/c19-10-2-1-8(3-9(10)18(20,21)22)4-23-15-12-16(25-6-24-15)27(7-26-12)17-14(30)13(29)11(5-28)31-17/h1-3,6-7,11,13-14,17,28-30H,4-5H2,(H,23,24,25)/t11-,13-,14-,17-/m1/s1. The van der Waals surface area contributed by atoms with E-state index in [0.717, 1.165) is 6.07 Å². The van der Waals surface area contributed by atoms with Crippen LogP contribution in [0.3, 0.4) is 0 Å². The van der Waals surface area contributed by atoms with Crippen molar-refractivity contribution in [1.29, 1.82) is 0 Å². The zero-order chi connectivity index (χ0) is 22.3. The minimum Gasteiger partial charge on any atom is -0.394 e. The third-order valence-corrected chi connectivity index (χ3v) is 5.28. The van der Waals surface area contributed by atoms with Gasteiger partial charge in [-0.25, -0.2) is 15.0 Å². The fourth-order valence-corrected chi connectivity index (χ4v) is 3.59. The summed E-state index contributed by atoms with van der Waals surface area (Å²) in [6.45, 7) is -0.475. The number of nitrogens with zero attached hydrogens (tertiary/aromatic N) is 4. The lowest BCUT2D eigenvalue weighted by molar-refractivity contribution is -0.137. The summed E-state index contributed by atoms with van der Waals surface area (Å²) in [5.41, 5.74) is -0.0639. The second kappa shape index (κ2) is 8.20. The van der Waals surface area contributed by atoms with E-state index in [-0.39, 0.29) is 23.5 Å². The molecule has 3 aromatic rings. The first-order chi connectivity index (χ1) is 14.7. The van der Waals surface area contributed by atoms with E-state index >= 15 is 0 Å². The summed E-state index contributed by atoms with van der Waals surface area (Å²) in [4.78, 5) is 12.4. The number of rotatable bonds is 5. The number of halogens is 4. The van der Waals surface area contributed by atoms with Crippen LogP contribution >= 0.6 is 11.6 Å². The number of benzene rings is 1. The van der Waals surface area contributed by atoms with E-state index in [1.54, 1.807) is 0 Å². The van der Waals surface area contributed by atoms with Crippen LogP contribution in [-0.4, -0.2) is 59.8 Å². The molecule has 31 heavy (non-hydrogen) atoms. The van der Waals surface area contributed by atoms with Crippen LogP contribution in [0.1, 0.15) is 17.4 Å². The second-order valence-corrected chi connectivity index (χ2v) is 7.35. The van der Waals surface area contributed by atoms with Crippen molar-refractivity contribution in [2.45, 2.75) is 37.3 Å². The van der Waals surface area contributed by atoms with Crippen LogP contribution in [0, 0.1) is 0 Å². The molecule has 9 nitrogen and oxygen atoms in total. The zero-order valence-corrected chi connectivity index (χ0v) is 16.4. The summed E-state index contributed by atoms with van der Waals surface area (Å²) >= 11 is 5.64. The molecular formula is C18H17ClF3N5O4. The number of alkyl halides is 3. The number of aliphatic hydroxyl groups excluding tert-OH is 3. The molecule has 166 valence electrons. The lowest BCUT2D eigenvalue weighted by Gasteiger charge is -2.16. The van der Waals surface area contributed by atoms with Crippen LogP contribution < -0.4 is 5.32 Å². The molecule has 0 saturated carbocycles. The smallest absolute Gasteiger partial charge is 0.394 e. The second-order valence-electron chi connectivity index (χ2n) is 6.94. The van der Waals surface area contributed by atoms with E-state index in [4.69, 9.17) is 16.3 Å². The number of anilines is 1. The Morgan fingerprint density at radius 3 is 2.61 bits per heavy atom. The average Bonchev–Trinajstić information content (AvgIpc) is 3.28. The third-order valence-electron chi connectivity index (χ3n) is 4.95. The Morgan fingerprint density at radius 1 is 1.16 bits per heavy atom. The van der Waals surface area contributed by atoms with Crippen molar-refractivity contribution in [1.82, 2.24) is 19.5 Å². The number of aromatic nitrogens is 4. The molecule has 0 amide bonds. The minimum absolute atomic E-state index is 0.00702. The van der Waals surface area contributed by atoms with Crippen molar-refractivity contribution in [3.8, 4) is 0 Å². The SMILES string of the molecule is OC[C@H]1O[C@@H](n2cnc3c(NCc4ccc(Cl)c(C(F)(F)F)c4)ncnc32)[C@H](O)[C@@H]1O. The van der Waals surface area contributed by atoms with Gasteiger partial charge >= 0.3 is 6.18 Å². The molecule has 1 aliphatic rings. The van der Waals surface area contributed by atoms with Crippen molar-refractivity contribution >= 4 is 28.6 Å². The highest BCUT2D eigenvalue weighted by Gasteiger charge is 2.44. The monoisotopic (exact) mass is 459 g/mol. The highest BCUT2D eigenvalue weighted by atomic mass is 35.5. The summed E-state index contributed by atoms with van der Waals surface area (Å²) in [6, 6.07) is 3.58. The molecule has 4 atom stereocenters. The Balaban J connectivity index is 1.58. The van der Waals surface area contributed by atoms with Gasteiger partial charge in [0.2, 0.25) is 0 Å². The van der Waals surface area contributed by atoms with Gasteiger partial charge in [-0.15, -0.1) is 0 Å². The first kappa shape index (κ1) is 21.7. The predicted molar refractivity (Wildman–Crippen MR) is 102 cm³/mol. The molecule has 0 bridgehead atoms. The van der Waals surface area contributed by atoms with Crippen LogP contribution in [0.15, 0.2) is 30.9 Å². The van der Waals surface area contributed by atoms with E-state index in [0.29, 0.717) is 5.56 Å². The molecule has 1 saturated heterocycles. The summed E-state index contributed by atoms with van der Waals surface area (Å²) in [7, 11) is 0. The van der Waals surface area contributed by atoms with Gasteiger partial charge < -0.3 is 25.4 Å². The number of hydrogen-bond donors (Lipinski definition) is 4. The van der Waals surface area contributed by atoms with Gasteiger partial charge in [-0.1, -0.05) is 17.7 Å². The molecule has 13 heteroatoms. The van der Waals surface area contributed by atoms with Crippen molar-refractivity contribution in [2.75, 3.05) is 11.9 Å². The van der Waals surface area contributed by atoms with Crippen LogP contribution in [0.4, 0.5) is 19.0 Å². The highest BCUT2D eigenvalue weighted by molar-refractivity contribution is 6.31. The Hall–Kier alpha value is -2.51. The average molecular weight is 460 g/mol. The maximum Gasteiger partial charge on any atom is 0.417 e. The van der Waals surface area contributed by atoms with Crippen molar-refractivity contribution in [3.63, 3.8) is 0 Å². The topological polar surface area (TPSA) is 126 Å². The summed E-state index contributed by atoms with van der Waals surface area (Å²) in [6.07, 6.45) is -6.65. The van der Waals surface area contributed by atoms with Gasteiger partial charge in [-0.2, -0.15) is 13.2 Å². The van der Waals surface area contributed by atoms with Crippen molar-refractivity contribution in [2.24, 2.45) is 0 Å². The first-order valence-electron chi connectivity index (χ1n) is 9.10. The predicted octanol–water partition coefficient (Wildman–Crippen LogP) is 1.72. The number of fused-ring (bicyclic) bond motifs is 1. The number of nitrogens with one attached hydrogen (secondary N) is 1. The van der Waals surface area contributed by atoms with Crippen molar-refractivity contribution in [3.05, 3.63) is 47.0 Å². The Kier molecular flexibility index (Phi) is 5.75. The van der Waals surface area contributed by atoms with Crippen LogP contribution in [0.2, 0.25) is 5.02 Å². The molecule has 1 aliphatic heterocycles. The third kappa shape index (κ3) is 4.04. The van der Waals surface area contributed by atoms with E-state index in [9.17, 15) is 28.5 Å². The van der Waals surface area contributed by atoms with Gasteiger partial charge in [0.25, 0.3) is 0 Å². The number of imidazole rings is 1. The molecule has 1 fully saturated rings. The molecular weight excluding hydrogens is 443 g/mol. The van der Waals surface area contributed by atoms with Gasteiger partial charge in [-0.05, 0) is 17.7 Å². The Bertz CT molecular complexity index is 1100. The van der Waals surface area contributed by atoms with Gasteiger partial charge in [-0.3, -0.25) is 4.57 Å². The minimum atomic E-state index is -4.58. The van der Waals surface area contributed by atoms with Gasteiger partial charge in [0.05, 0.1) is 23.5 Å². The molecule has 2 aromatic heterocycles. The van der Waals surface area contributed by atoms with Crippen LogP contribution in [0.25, 0.3) is 11.2 Å². The number of hydrogen-bond acceptors (Lipinski definition) is 8. The Morgan fingerprint density at radius 2 is 1.94 bits per heavy atom. The lowest BCUT2D eigenvalue weighted by Crippen LogP contribution is -2.33. The largest absolute Gasteiger partial charge is 0.417 e. The molecule has 4 N–H and O–H groups in total. The number of aliphatic hydroxyl groups is 3. The number of ether oxygens (including phenoxy) is 1. The zero-order valence-electron chi connectivity index (χ0n) is 15.7. The first-order valence-corrected chi connectivity index (χ1v) is 9.48. The molecule has 1 aromatic carbocycles. The quantitative estimate of drug-likeness (QED) is 0.454. The van der Waals surface area contributed by atoms with E-state index in [1.807, 2.05) is 0 Å². The maximum atomic E-state index is 13.1. The fourth-order valence-electron chi connectivity index (χ4n) is 3.36. The van der Waals surface area contributed by atoms with Crippen molar-refractivity contribution < 1.29 is 33.2 Å². The van der Waals surface area contributed by atoms with Gasteiger partial charge in [0, 0.05) is 6.54 Å². The molecule has 0 aliphatic carbocycles. The molecule has 4 rings (SSSR count). The summed E-state index contributed by atoms with van der Waals surface area (Å²) in [5.74, 6) is 0.249. The van der Waals surface area contributed by atoms with Crippen LogP contribution in [0.5, 0.6) is 0 Å². The van der Waals surface area contributed by atoms with E-state index in [1.165, 1.54) is 29.4 Å². The lowest BCUT2D eigenvalue weighted by atomic mass is 10.1. The summed E-state index contributed by atoms with van der Waals surface area (Å²) < 4.78 is 46.0. The van der Waals surface area contributed by atoms with Gasteiger partial charge in [0.1, 0.15) is 24.6 Å². The summed E-state index contributed by atoms with van der Waals surface area (Å²) in [5, 5.41) is 32.0. The molecule has 3 heterocycles. The molecule has 0 spiro atoms.